The molecule has 0 aliphatic carbocycles. The summed E-state index contributed by atoms with van der Waals surface area (Å²) in [4.78, 5) is 21.0. The van der Waals surface area contributed by atoms with Gasteiger partial charge >= 0.3 is 0 Å². The summed E-state index contributed by atoms with van der Waals surface area (Å²) >= 11 is 0. The number of para-hydroxylation sites is 1. The van der Waals surface area contributed by atoms with Gasteiger partial charge in [0.1, 0.15) is 0 Å². The summed E-state index contributed by atoms with van der Waals surface area (Å²) in [5.74, 6) is -0.152. The lowest BCUT2D eigenvalue weighted by Gasteiger charge is -2.13. The average Bonchev–Trinajstić information content (AvgIpc) is 2.59. The monoisotopic (exact) mass is 321 g/mol. The molecular weight excluding hydrogens is 302 g/mol. The second-order valence-electron chi connectivity index (χ2n) is 5.73. The first kappa shape index (κ1) is 16.1. The quantitative estimate of drug-likeness (QED) is 0.775. The van der Waals surface area contributed by atoms with Gasteiger partial charge in [-0.05, 0) is 37.1 Å². The van der Waals surface area contributed by atoms with Crippen molar-refractivity contribution >= 4 is 22.5 Å². The standard InChI is InChI=1S/C19H19N3O2/c1-12-15-5-3-4-6-17(15)21-13(2)16(12)9-19(24)22-18-10-20-8-7-14(18)11-23/h3-8,10,23H,9,11H2,1-2H3,(H,22,24). The predicted molar refractivity (Wildman–Crippen MR) is 93.7 cm³/mol. The summed E-state index contributed by atoms with van der Waals surface area (Å²) in [6.45, 7) is 3.79. The zero-order chi connectivity index (χ0) is 17.1. The van der Waals surface area contributed by atoms with Gasteiger partial charge in [-0.3, -0.25) is 14.8 Å². The van der Waals surface area contributed by atoms with Crippen molar-refractivity contribution in [2.45, 2.75) is 26.9 Å². The van der Waals surface area contributed by atoms with Gasteiger partial charge in [0, 0.05) is 22.8 Å². The maximum Gasteiger partial charge on any atom is 0.228 e. The van der Waals surface area contributed by atoms with E-state index in [1.807, 2.05) is 38.1 Å². The van der Waals surface area contributed by atoms with Crippen molar-refractivity contribution in [2.75, 3.05) is 5.32 Å². The molecule has 0 aliphatic heterocycles. The molecule has 1 aromatic carbocycles. The van der Waals surface area contributed by atoms with E-state index in [9.17, 15) is 9.90 Å². The SMILES string of the molecule is Cc1nc2ccccc2c(C)c1CC(=O)Nc1cnccc1CO. The number of amides is 1. The number of aromatic nitrogens is 2. The third-order valence-electron chi connectivity index (χ3n) is 4.18. The van der Waals surface area contributed by atoms with Gasteiger partial charge in [-0.2, -0.15) is 0 Å². The number of aliphatic hydroxyl groups excluding tert-OH is 1. The zero-order valence-corrected chi connectivity index (χ0v) is 13.7. The van der Waals surface area contributed by atoms with Crippen LogP contribution in [0.15, 0.2) is 42.7 Å². The molecule has 122 valence electrons. The number of anilines is 1. The molecule has 0 saturated heterocycles. The number of carbonyl (C=O) groups excluding carboxylic acids is 1. The lowest BCUT2D eigenvalue weighted by molar-refractivity contribution is -0.115. The Morgan fingerprint density at radius 2 is 2.00 bits per heavy atom. The highest BCUT2D eigenvalue weighted by atomic mass is 16.3. The molecule has 0 radical (unpaired) electrons. The maximum absolute atomic E-state index is 12.4. The number of pyridine rings is 2. The molecule has 0 fully saturated rings. The number of aryl methyl sites for hydroxylation is 2. The van der Waals surface area contributed by atoms with E-state index >= 15 is 0 Å². The van der Waals surface area contributed by atoms with Crippen molar-refractivity contribution < 1.29 is 9.90 Å². The van der Waals surface area contributed by atoms with E-state index in [-0.39, 0.29) is 18.9 Å². The summed E-state index contributed by atoms with van der Waals surface area (Å²) < 4.78 is 0. The zero-order valence-electron chi connectivity index (χ0n) is 13.7. The van der Waals surface area contributed by atoms with Crippen molar-refractivity contribution in [1.82, 2.24) is 9.97 Å². The molecule has 0 spiro atoms. The highest BCUT2D eigenvalue weighted by Gasteiger charge is 2.14. The summed E-state index contributed by atoms with van der Waals surface area (Å²) in [6.07, 6.45) is 3.36. The van der Waals surface area contributed by atoms with Crippen LogP contribution in [0.3, 0.4) is 0 Å². The molecule has 3 rings (SSSR count). The Kier molecular flexibility index (Phi) is 4.53. The molecule has 0 saturated carbocycles. The first-order valence-corrected chi connectivity index (χ1v) is 7.78. The second kappa shape index (κ2) is 6.76. The average molecular weight is 321 g/mol. The Labute approximate surface area is 140 Å². The number of fused-ring (bicyclic) bond motifs is 1. The van der Waals surface area contributed by atoms with E-state index in [1.54, 1.807) is 18.5 Å². The number of hydrogen-bond donors (Lipinski definition) is 2. The third-order valence-corrected chi connectivity index (χ3v) is 4.18. The van der Waals surface area contributed by atoms with Crippen LogP contribution in [-0.2, 0) is 17.8 Å². The van der Waals surface area contributed by atoms with Crippen molar-refractivity contribution in [3.8, 4) is 0 Å². The molecular formula is C19H19N3O2. The van der Waals surface area contributed by atoms with Crippen LogP contribution >= 0.6 is 0 Å². The molecule has 2 N–H and O–H groups in total. The largest absolute Gasteiger partial charge is 0.392 e. The van der Waals surface area contributed by atoms with Crippen LogP contribution in [0, 0.1) is 13.8 Å². The van der Waals surface area contributed by atoms with Crippen LogP contribution in [0.5, 0.6) is 0 Å². The lowest BCUT2D eigenvalue weighted by atomic mass is 9.99. The number of hydrogen-bond acceptors (Lipinski definition) is 4. The molecule has 5 nitrogen and oxygen atoms in total. The van der Waals surface area contributed by atoms with Gasteiger partial charge in [0.2, 0.25) is 5.91 Å². The minimum absolute atomic E-state index is 0.145. The lowest BCUT2D eigenvalue weighted by Crippen LogP contribution is -2.17. The summed E-state index contributed by atoms with van der Waals surface area (Å²) in [5, 5.41) is 13.2. The molecule has 0 aliphatic rings. The van der Waals surface area contributed by atoms with Crippen LogP contribution in [0.2, 0.25) is 0 Å². The van der Waals surface area contributed by atoms with E-state index < -0.39 is 0 Å². The second-order valence-corrected chi connectivity index (χ2v) is 5.73. The van der Waals surface area contributed by atoms with Crippen molar-refractivity contribution in [1.29, 1.82) is 0 Å². The van der Waals surface area contributed by atoms with E-state index in [2.05, 4.69) is 15.3 Å². The fourth-order valence-electron chi connectivity index (χ4n) is 2.86. The van der Waals surface area contributed by atoms with E-state index in [0.717, 1.165) is 27.7 Å². The van der Waals surface area contributed by atoms with Gasteiger partial charge in [0.05, 0.1) is 30.4 Å². The molecule has 2 aromatic heterocycles. The first-order chi connectivity index (χ1) is 11.6. The normalized spacial score (nSPS) is 10.8. The van der Waals surface area contributed by atoms with Crippen molar-refractivity contribution in [2.24, 2.45) is 0 Å². The Balaban J connectivity index is 1.88. The summed E-state index contributed by atoms with van der Waals surface area (Å²) in [5.41, 5.74) is 4.97. The number of benzene rings is 1. The molecule has 2 heterocycles. The van der Waals surface area contributed by atoms with Crippen LogP contribution in [0.4, 0.5) is 5.69 Å². The van der Waals surface area contributed by atoms with E-state index in [0.29, 0.717) is 11.3 Å². The molecule has 5 heteroatoms. The Bertz CT molecular complexity index is 906. The highest BCUT2D eigenvalue weighted by molar-refractivity contribution is 5.94. The molecule has 0 unspecified atom stereocenters. The first-order valence-electron chi connectivity index (χ1n) is 7.78. The summed E-state index contributed by atoms with van der Waals surface area (Å²) in [7, 11) is 0. The van der Waals surface area contributed by atoms with Crippen molar-refractivity contribution in [3.05, 3.63) is 65.1 Å². The van der Waals surface area contributed by atoms with Gasteiger partial charge < -0.3 is 10.4 Å². The number of aliphatic hydroxyl groups is 1. The predicted octanol–water partition coefficient (Wildman–Crippen LogP) is 2.92. The van der Waals surface area contributed by atoms with Gasteiger partial charge in [-0.1, -0.05) is 18.2 Å². The van der Waals surface area contributed by atoms with Crippen molar-refractivity contribution in [3.63, 3.8) is 0 Å². The van der Waals surface area contributed by atoms with Crippen LogP contribution in [-0.4, -0.2) is 21.0 Å². The molecule has 0 bridgehead atoms. The van der Waals surface area contributed by atoms with E-state index in [1.165, 1.54) is 0 Å². The Morgan fingerprint density at radius 3 is 2.79 bits per heavy atom. The van der Waals surface area contributed by atoms with Crippen LogP contribution in [0.25, 0.3) is 10.9 Å². The summed E-state index contributed by atoms with van der Waals surface area (Å²) in [6, 6.07) is 9.61. The Morgan fingerprint density at radius 1 is 1.21 bits per heavy atom. The molecule has 24 heavy (non-hydrogen) atoms. The third kappa shape index (κ3) is 3.12. The Hall–Kier alpha value is -2.79. The van der Waals surface area contributed by atoms with Gasteiger partial charge in [0.25, 0.3) is 0 Å². The van der Waals surface area contributed by atoms with Crippen LogP contribution in [0.1, 0.15) is 22.4 Å². The molecule has 1 amide bonds. The number of rotatable bonds is 4. The minimum Gasteiger partial charge on any atom is -0.392 e. The smallest absolute Gasteiger partial charge is 0.228 e. The fourth-order valence-corrected chi connectivity index (χ4v) is 2.86. The van der Waals surface area contributed by atoms with Gasteiger partial charge in [-0.25, -0.2) is 0 Å². The molecule has 3 aromatic rings. The van der Waals surface area contributed by atoms with Crippen LogP contribution < -0.4 is 5.32 Å². The van der Waals surface area contributed by atoms with Gasteiger partial charge in [-0.15, -0.1) is 0 Å². The number of carbonyl (C=O) groups is 1. The minimum atomic E-state index is -0.152. The molecule has 0 atom stereocenters. The van der Waals surface area contributed by atoms with Gasteiger partial charge in [0.15, 0.2) is 0 Å². The fraction of sp³-hybridized carbons (Fsp3) is 0.211. The topological polar surface area (TPSA) is 75.1 Å². The number of nitrogens with one attached hydrogen (secondary N) is 1. The van der Waals surface area contributed by atoms with E-state index in [4.69, 9.17) is 0 Å². The highest BCUT2D eigenvalue weighted by Crippen LogP contribution is 2.23. The number of nitrogens with zero attached hydrogens (tertiary/aromatic N) is 2. The maximum atomic E-state index is 12.4.